The molecule has 0 bridgehead atoms. The summed E-state index contributed by atoms with van der Waals surface area (Å²) in [5.74, 6) is -0.320. The van der Waals surface area contributed by atoms with Crippen LogP contribution in [-0.4, -0.2) is 37.0 Å². The van der Waals surface area contributed by atoms with E-state index in [0.717, 1.165) is 6.07 Å². The molecule has 0 unspecified atom stereocenters. The van der Waals surface area contributed by atoms with E-state index in [2.05, 4.69) is 0 Å². The molecule has 88 valence electrons. The van der Waals surface area contributed by atoms with Gasteiger partial charge in [-0.05, 0) is 24.5 Å². The van der Waals surface area contributed by atoms with Crippen LogP contribution in [0, 0.1) is 5.82 Å². The first-order valence-corrected chi connectivity index (χ1v) is 5.00. The minimum absolute atomic E-state index is 0.0615. The predicted octanol–water partition coefficient (Wildman–Crippen LogP) is -0.0792. The van der Waals surface area contributed by atoms with Gasteiger partial charge in [-0.15, -0.1) is 0 Å². The molecule has 4 nitrogen and oxygen atoms in total. The Morgan fingerprint density at radius 2 is 2.00 bits per heavy atom. The molecule has 0 aliphatic carbocycles. The van der Waals surface area contributed by atoms with E-state index in [1.54, 1.807) is 0 Å². The van der Waals surface area contributed by atoms with Crippen molar-refractivity contribution in [1.82, 2.24) is 0 Å². The molecule has 0 saturated carbocycles. The third-order valence-electron chi connectivity index (χ3n) is 1.89. The van der Waals surface area contributed by atoms with E-state index >= 15 is 0 Å². The lowest BCUT2D eigenvalue weighted by molar-refractivity contribution is 0.110. The normalized spacial score (nSPS) is 10.2. The van der Waals surface area contributed by atoms with Crippen LogP contribution in [0.2, 0.25) is 0 Å². The van der Waals surface area contributed by atoms with E-state index in [1.165, 1.54) is 12.1 Å². The van der Waals surface area contributed by atoms with Gasteiger partial charge in [0.15, 0.2) is 0 Å². The number of hydrogen-bond acceptors (Lipinski definition) is 4. The van der Waals surface area contributed by atoms with E-state index in [1.807, 2.05) is 6.92 Å². The van der Waals surface area contributed by atoms with Crippen LogP contribution < -0.4 is 10.2 Å². The average Bonchev–Trinajstić information content (AvgIpc) is 2.23. The Kier molecular flexibility index (Phi) is 5.24. The smallest absolute Gasteiger partial charge is 0.488 e. The molecule has 1 aromatic carbocycles. The van der Waals surface area contributed by atoms with Crippen LogP contribution in [0.1, 0.15) is 6.92 Å². The lowest BCUT2D eigenvalue weighted by Gasteiger charge is -2.08. The SMILES string of the molecule is CCOCCOc1cc(F)cc(B(O)O)c1. The first-order valence-electron chi connectivity index (χ1n) is 5.00. The van der Waals surface area contributed by atoms with Crippen molar-refractivity contribution < 1.29 is 23.9 Å². The zero-order valence-electron chi connectivity index (χ0n) is 9.02. The van der Waals surface area contributed by atoms with Gasteiger partial charge in [-0.3, -0.25) is 0 Å². The molecule has 0 aliphatic heterocycles. The number of ether oxygens (including phenoxy) is 2. The maximum atomic E-state index is 13.0. The molecule has 0 amide bonds. The summed E-state index contributed by atoms with van der Waals surface area (Å²) in [7, 11) is -1.70. The van der Waals surface area contributed by atoms with Gasteiger partial charge in [-0.2, -0.15) is 0 Å². The predicted molar refractivity (Wildman–Crippen MR) is 58.2 cm³/mol. The fourth-order valence-corrected chi connectivity index (χ4v) is 1.18. The first-order chi connectivity index (χ1) is 7.63. The summed E-state index contributed by atoms with van der Waals surface area (Å²) in [5, 5.41) is 17.8. The van der Waals surface area contributed by atoms with Crippen molar-refractivity contribution in [3.05, 3.63) is 24.0 Å². The molecular formula is C10H14BFO4. The molecule has 6 heteroatoms. The van der Waals surface area contributed by atoms with Crippen LogP contribution in [0.25, 0.3) is 0 Å². The monoisotopic (exact) mass is 228 g/mol. The molecule has 0 aliphatic rings. The maximum Gasteiger partial charge on any atom is 0.488 e. The quantitative estimate of drug-likeness (QED) is 0.528. The summed E-state index contributed by atoms with van der Waals surface area (Å²) < 4.78 is 23.3. The molecule has 2 N–H and O–H groups in total. The summed E-state index contributed by atoms with van der Waals surface area (Å²) in [6.07, 6.45) is 0. The van der Waals surface area contributed by atoms with Crippen LogP contribution in [0.3, 0.4) is 0 Å². The van der Waals surface area contributed by atoms with Gasteiger partial charge in [0.1, 0.15) is 18.2 Å². The second kappa shape index (κ2) is 6.47. The van der Waals surface area contributed by atoms with Crippen LogP contribution in [0.15, 0.2) is 18.2 Å². The van der Waals surface area contributed by atoms with E-state index in [0.29, 0.717) is 13.2 Å². The van der Waals surface area contributed by atoms with E-state index in [-0.39, 0.29) is 17.8 Å². The number of rotatable bonds is 6. The Hall–Kier alpha value is -1.11. The highest BCUT2D eigenvalue weighted by molar-refractivity contribution is 6.58. The van der Waals surface area contributed by atoms with Crippen molar-refractivity contribution in [3.63, 3.8) is 0 Å². The Balaban J connectivity index is 2.58. The second-order valence-electron chi connectivity index (χ2n) is 3.14. The first kappa shape index (κ1) is 13.0. The minimum Gasteiger partial charge on any atom is -0.491 e. The highest BCUT2D eigenvalue weighted by atomic mass is 19.1. The zero-order valence-corrected chi connectivity index (χ0v) is 9.02. The minimum atomic E-state index is -1.70. The van der Waals surface area contributed by atoms with Gasteiger partial charge in [0.25, 0.3) is 0 Å². The van der Waals surface area contributed by atoms with Gasteiger partial charge in [0.05, 0.1) is 6.61 Å². The van der Waals surface area contributed by atoms with Crippen LogP contribution in [0.4, 0.5) is 4.39 Å². The van der Waals surface area contributed by atoms with Gasteiger partial charge in [-0.25, -0.2) is 4.39 Å². The Bertz CT molecular complexity index is 333. The summed E-state index contributed by atoms with van der Waals surface area (Å²) in [6.45, 7) is 3.15. The fourth-order valence-electron chi connectivity index (χ4n) is 1.18. The lowest BCUT2D eigenvalue weighted by Crippen LogP contribution is -2.30. The molecule has 0 spiro atoms. The largest absolute Gasteiger partial charge is 0.491 e. The van der Waals surface area contributed by atoms with Crippen molar-refractivity contribution in [1.29, 1.82) is 0 Å². The van der Waals surface area contributed by atoms with Crippen molar-refractivity contribution in [2.24, 2.45) is 0 Å². The molecule has 0 radical (unpaired) electrons. The highest BCUT2D eigenvalue weighted by Gasteiger charge is 2.13. The van der Waals surface area contributed by atoms with Gasteiger partial charge in [-0.1, -0.05) is 0 Å². The maximum absolute atomic E-state index is 13.0. The van der Waals surface area contributed by atoms with Gasteiger partial charge < -0.3 is 19.5 Å². The Labute approximate surface area is 93.8 Å². The fraction of sp³-hybridized carbons (Fsp3) is 0.400. The summed E-state index contributed by atoms with van der Waals surface area (Å²) in [6, 6.07) is 3.59. The number of hydrogen-bond donors (Lipinski definition) is 2. The van der Waals surface area contributed by atoms with Crippen molar-refractivity contribution in [3.8, 4) is 5.75 Å². The van der Waals surface area contributed by atoms with Gasteiger partial charge >= 0.3 is 7.12 Å². The molecule has 1 rings (SSSR count). The Morgan fingerprint density at radius 1 is 1.25 bits per heavy atom. The van der Waals surface area contributed by atoms with Crippen molar-refractivity contribution in [2.75, 3.05) is 19.8 Å². The Morgan fingerprint density at radius 3 is 2.62 bits per heavy atom. The average molecular weight is 228 g/mol. The van der Waals surface area contributed by atoms with Crippen LogP contribution in [0.5, 0.6) is 5.75 Å². The van der Waals surface area contributed by atoms with E-state index in [4.69, 9.17) is 19.5 Å². The molecule has 0 aromatic heterocycles. The number of halogens is 1. The van der Waals surface area contributed by atoms with Gasteiger partial charge in [0.2, 0.25) is 0 Å². The van der Waals surface area contributed by atoms with Crippen molar-refractivity contribution >= 4 is 12.6 Å². The molecule has 16 heavy (non-hydrogen) atoms. The molecule has 1 aromatic rings. The molecule has 0 fully saturated rings. The van der Waals surface area contributed by atoms with Crippen molar-refractivity contribution in [2.45, 2.75) is 6.92 Å². The summed E-state index contributed by atoms with van der Waals surface area (Å²) in [4.78, 5) is 0. The summed E-state index contributed by atoms with van der Waals surface area (Å²) >= 11 is 0. The number of benzene rings is 1. The summed E-state index contributed by atoms with van der Waals surface area (Å²) in [5.41, 5.74) is 0.0615. The molecular weight excluding hydrogens is 214 g/mol. The zero-order chi connectivity index (χ0) is 12.0. The molecule has 0 saturated heterocycles. The standard InChI is InChI=1S/C10H14BFO4/c1-2-15-3-4-16-10-6-8(11(13)14)5-9(12)7-10/h5-7,13-14H,2-4H2,1H3. The lowest BCUT2D eigenvalue weighted by atomic mass is 9.80. The third-order valence-corrected chi connectivity index (χ3v) is 1.89. The molecule has 0 atom stereocenters. The molecule has 0 heterocycles. The van der Waals surface area contributed by atoms with Crippen LogP contribution in [-0.2, 0) is 4.74 Å². The van der Waals surface area contributed by atoms with Gasteiger partial charge in [0, 0.05) is 12.7 Å². The van der Waals surface area contributed by atoms with Crippen LogP contribution >= 0.6 is 0 Å². The second-order valence-corrected chi connectivity index (χ2v) is 3.14. The van der Waals surface area contributed by atoms with E-state index in [9.17, 15) is 4.39 Å². The third kappa shape index (κ3) is 4.18. The topological polar surface area (TPSA) is 58.9 Å². The highest BCUT2D eigenvalue weighted by Crippen LogP contribution is 2.10. The van der Waals surface area contributed by atoms with E-state index < -0.39 is 12.9 Å².